The first-order valence-corrected chi connectivity index (χ1v) is 11.3. The van der Waals surface area contributed by atoms with Crippen LogP contribution < -0.4 is 14.2 Å². The van der Waals surface area contributed by atoms with Gasteiger partial charge in [-0.3, -0.25) is 0 Å². The second-order valence-corrected chi connectivity index (χ2v) is 8.27. The smallest absolute Gasteiger partial charge is 0.134 e. The molecule has 3 nitrogen and oxygen atoms in total. The summed E-state index contributed by atoms with van der Waals surface area (Å²) < 4.78 is 18.2. The maximum absolute atomic E-state index is 6.44. The van der Waals surface area contributed by atoms with E-state index in [1.165, 1.54) is 16.7 Å². The Bertz CT molecular complexity index is 924. The third kappa shape index (κ3) is 4.40. The molecule has 30 heavy (non-hydrogen) atoms. The average molecular weight is 405 g/mol. The molecule has 1 aliphatic heterocycles. The van der Waals surface area contributed by atoms with Crippen LogP contribution in [-0.2, 0) is 0 Å². The molecule has 0 unspecified atom stereocenters. The SMILES string of the molecule is C=C1CC2=C(c3ccc(OCCCC)cc3)Oc3ccc(OCCCC)cc3[C@@H]2C1. The Hall–Kier alpha value is -2.68. The monoisotopic (exact) mass is 404 g/mol. The zero-order valence-corrected chi connectivity index (χ0v) is 18.2. The number of rotatable bonds is 9. The summed E-state index contributed by atoms with van der Waals surface area (Å²) in [6.07, 6.45) is 6.29. The summed E-state index contributed by atoms with van der Waals surface area (Å²) in [7, 11) is 0. The molecule has 0 amide bonds. The number of hydrogen-bond donors (Lipinski definition) is 0. The van der Waals surface area contributed by atoms with Crippen LogP contribution in [0, 0.1) is 0 Å². The molecule has 2 aromatic carbocycles. The molecule has 0 N–H and O–H groups in total. The van der Waals surface area contributed by atoms with E-state index in [0.717, 1.165) is 80.3 Å². The normalized spacial score (nSPS) is 17.4. The van der Waals surface area contributed by atoms with Gasteiger partial charge < -0.3 is 14.2 Å². The molecular formula is C27H32O3. The molecule has 1 heterocycles. The summed E-state index contributed by atoms with van der Waals surface area (Å²) >= 11 is 0. The Kier molecular flexibility index (Phi) is 6.47. The van der Waals surface area contributed by atoms with Crippen molar-refractivity contribution in [2.24, 2.45) is 0 Å². The van der Waals surface area contributed by atoms with E-state index in [-0.39, 0.29) is 0 Å². The fraction of sp³-hybridized carbons (Fsp3) is 0.407. The van der Waals surface area contributed by atoms with Crippen LogP contribution >= 0.6 is 0 Å². The summed E-state index contributed by atoms with van der Waals surface area (Å²) in [6.45, 7) is 10.1. The van der Waals surface area contributed by atoms with Gasteiger partial charge in [0.15, 0.2) is 0 Å². The highest BCUT2D eigenvalue weighted by Gasteiger charge is 2.35. The van der Waals surface area contributed by atoms with E-state index < -0.39 is 0 Å². The largest absolute Gasteiger partial charge is 0.494 e. The molecule has 0 bridgehead atoms. The van der Waals surface area contributed by atoms with E-state index >= 15 is 0 Å². The Morgan fingerprint density at radius 2 is 1.60 bits per heavy atom. The third-order valence-electron chi connectivity index (χ3n) is 5.86. The fourth-order valence-electron chi connectivity index (χ4n) is 4.19. The summed E-state index contributed by atoms with van der Waals surface area (Å²) in [5, 5.41) is 0. The van der Waals surface area contributed by atoms with Crippen LogP contribution in [0.15, 0.2) is 60.2 Å². The van der Waals surface area contributed by atoms with Crippen molar-refractivity contribution < 1.29 is 14.2 Å². The minimum absolute atomic E-state index is 0.325. The first-order valence-electron chi connectivity index (χ1n) is 11.3. The van der Waals surface area contributed by atoms with Gasteiger partial charge in [0.05, 0.1) is 13.2 Å². The summed E-state index contributed by atoms with van der Waals surface area (Å²) in [5.41, 5.74) is 4.92. The molecule has 0 spiro atoms. The van der Waals surface area contributed by atoms with Gasteiger partial charge in [-0.25, -0.2) is 0 Å². The topological polar surface area (TPSA) is 27.7 Å². The molecule has 1 atom stereocenters. The number of allylic oxidation sites excluding steroid dienone is 2. The predicted octanol–water partition coefficient (Wildman–Crippen LogP) is 7.28. The molecule has 0 saturated heterocycles. The zero-order valence-electron chi connectivity index (χ0n) is 18.2. The minimum Gasteiger partial charge on any atom is -0.494 e. The second-order valence-electron chi connectivity index (χ2n) is 8.27. The summed E-state index contributed by atoms with van der Waals surface area (Å²) in [4.78, 5) is 0. The van der Waals surface area contributed by atoms with Crippen LogP contribution in [0.3, 0.4) is 0 Å². The van der Waals surface area contributed by atoms with E-state index in [0.29, 0.717) is 5.92 Å². The van der Waals surface area contributed by atoms with Crippen molar-refractivity contribution in [3.63, 3.8) is 0 Å². The fourth-order valence-corrected chi connectivity index (χ4v) is 4.19. The lowest BCUT2D eigenvalue weighted by Crippen LogP contribution is -2.12. The van der Waals surface area contributed by atoms with Crippen LogP contribution in [0.4, 0.5) is 0 Å². The van der Waals surface area contributed by atoms with E-state index in [1.54, 1.807) is 0 Å². The van der Waals surface area contributed by atoms with Crippen molar-refractivity contribution in [3.05, 3.63) is 71.3 Å². The Labute approximate surface area is 180 Å². The van der Waals surface area contributed by atoms with Gasteiger partial charge in [0, 0.05) is 17.0 Å². The first kappa shape index (κ1) is 20.6. The molecule has 0 radical (unpaired) electrons. The van der Waals surface area contributed by atoms with Crippen LogP contribution in [0.1, 0.15) is 69.4 Å². The Balaban J connectivity index is 1.59. The van der Waals surface area contributed by atoms with Crippen molar-refractivity contribution in [2.75, 3.05) is 13.2 Å². The van der Waals surface area contributed by atoms with Gasteiger partial charge in [-0.1, -0.05) is 38.8 Å². The van der Waals surface area contributed by atoms with E-state index in [1.807, 2.05) is 18.2 Å². The maximum atomic E-state index is 6.44. The van der Waals surface area contributed by atoms with Crippen molar-refractivity contribution in [1.29, 1.82) is 0 Å². The average Bonchev–Trinajstić information content (AvgIpc) is 3.16. The van der Waals surface area contributed by atoms with Crippen LogP contribution in [-0.4, -0.2) is 13.2 Å². The van der Waals surface area contributed by atoms with Crippen LogP contribution in [0.5, 0.6) is 17.2 Å². The number of benzene rings is 2. The lowest BCUT2D eigenvalue weighted by atomic mass is 9.88. The van der Waals surface area contributed by atoms with Gasteiger partial charge in [-0.05, 0) is 73.7 Å². The summed E-state index contributed by atoms with van der Waals surface area (Å²) in [6, 6.07) is 14.5. The highest BCUT2D eigenvalue weighted by Crippen LogP contribution is 2.52. The molecule has 3 heteroatoms. The summed E-state index contributed by atoms with van der Waals surface area (Å²) in [5.74, 6) is 4.08. The van der Waals surface area contributed by atoms with Gasteiger partial charge in [0.25, 0.3) is 0 Å². The molecule has 2 aliphatic rings. The molecule has 4 rings (SSSR count). The van der Waals surface area contributed by atoms with Crippen molar-refractivity contribution in [2.45, 2.75) is 58.3 Å². The van der Waals surface area contributed by atoms with E-state index in [4.69, 9.17) is 14.2 Å². The predicted molar refractivity (Wildman–Crippen MR) is 122 cm³/mol. The zero-order chi connectivity index (χ0) is 20.9. The Morgan fingerprint density at radius 3 is 2.30 bits per heavy atom. The Morgan fingerprint density at radius 1 is 0.933 bits per heavy atom. The standard InChI is InChI=1S/C27H32O3/c1-4-6-14-28-21-10-8-20(9-11-21)27-25-17-19(3)16-23(25)24-18-22(29-15-7-5-2)12-13-26(24)30-27/h8-13,18,23H,3-7,14-17H2,1-2H3/t23-/m0/s1. The number of hydrogen-bond acceptors (Lipinski definition) is 3. The highest BCUT2D eigenvalue weighted by atomic mass is 16.5. The van der Waals surface area contributed by atoms with Crippen molar-refractivity contribution >= 4 is 5.76 Å². The minimum atomic E-state index is 0.325. The van der Waals surface area contributed by atoms with Gasteiger partial charge in [-0.15, -0.1) is 0 Å². The second kappa shape index (κ2) is 9.42. The van der Waals surface area contributed by atoms with Gasteiger partial charge in [-0.2, -0.15) is 0 Å². The van der Waals surface area contributed by atoms with Crippen LogP contribution in [0.25, 0.3) is 5.76 Å². The van der Waals surface area contributed by atoms with Crippen LogP contribution in [0.2, 0.25) is 0 Å². The molecule has 1 aliphatic carbocycles. The molecule has 2 aromatic rings. The van der Waals surface area contributed by atoms with E-state index in [9.17, 15) is 0 Å². The molecular weight excluding hydrogens is 372 g/mol. The lowest BCUT2D eigenvalue weighted by molar-refractivity contribution is 0.308. The number of unbranched alkanes of at least 4 members (excludes halogenated alkanes) is 2. The maximum Gasteiger partial charge on any atom is 0.134 e. The highest BCUT2D eigenvalue weighted by molar-refractivity contribution is 5.73. The number of ether oxygens (including phenoxy) is 3. The van der Waals surface area contributed by atoms with Gasteiger partial charge in [0.1, 0.15) is 23.0 Å². The number of fused-ring (bicyclic) bond motifs is 3. The van der Waals surface area contributed by atoms with Gasteiger partial charge >= 0.3 is 0 Å². The van der Waals surface area contributed by atoms with Crippen molar-refractivity contribution in [3.8, 4) is 17.2 Å². The quantitative estimate of drug-likeness (QED) is 0.325. The molecule has 1 fully saturated rings. The molecule has 158 valence electrons. The molecule has 1 saturated carbocycles. The van der Waals surface area contributed by atoms with Gasteiger partial charge in [0.2, 0.25) is 0 Å². The van der Waals surface area contributed by atoms with Crippen molar-refractivity contribution in [1.82, 2.24) is 0 Å². The first-order chi connectivity index (χ1) is 14.7. The third-order valence-corrected chi connectivity index (χ3v) is 5.86. The van der Waals surface area contributed by atoms with E-state index in [2.05, 4.69) is 44.7 Å². The lowest BCUT2D eigenvalue weighted by Gasteiger charge is -2.27. The molecule has 0 aromatic heterocycles.